The highest BCUT2D eigenvalue weighted by atomic mass is 16.6. The third kappa shape index (κ3) is 4.34. The predicted octanol–water partition coefficient (Wildman–Crippen LogP) is 2.09. The SMILES string of the molecule is COc1ccc(C(=O)O)cc1O[B]Oc1cc(C(=O)O)ccc1OC. The third-order valence-corrected chi connectivity index (χ3v) is 3.17. The molecular weight excluding hydrogens is 331 g/mol. The van der Waals surface area contributed by atoms with E-state index in [0.29, 0.717) is 11.5 Å². The van der Waals surface area contributed by atoms with E-state index in [0.717, 1.165) is 7.69 Å². The van der Waals surface area contributed by atoms with Crippen LogP contribution >= 0.6 is 0 Å². The topological polar surface area (TPSA) is 112 Å². The highest BCUT2D eigenvalue weighted by Gasteiger charge is 2.15. The van der Waals surface area contributed by atoms with Crippen LogP contribution in [0.25, 0.3) is 0 Å². The summed E-state index contributed by atoms with van der Waals surface area (Å²) in [6, 6.07) is 8.16. The average Bonchev–Trinajstić information content (AvgIpc) is 2.61. The molecule has 0 aliphatic heterocycles. The first-order valence-corrected chi connectivity index (χ1v) is 6.94. The van der Waals surface area contributed by atoms with Crippen LogP contribution in [0.5, 0.6) is 23.0 Å². The van der Waals surface area contributed by atoms with Crippen molar-refractivity contribution < 1.29 is 38.6 Å². The lowest BCUT2D eigenvalue weighted by atomic mass is 10.2. The Morgan fingerprint density at radius 3 is 1.48 bits per heavy atom. The van der Waals surface area contributed by atoms with E-state index in [1.807, 2.05) is 0 Å². The minimum Gasteiger partial charge on any atom is -0.524 e. The van der Waals surface area contributed by atoms with E-state index < -0.39 is 11.9 Å². The minimum absolute atomic E-state index is 0.00894. The standard InChI is InChI=1S/C16H14BO8/c1-22-11-5-3-9(15(18)19)7-13(11)24-17-25-14-8-10(16(20)21)4-6-12(14)23-2/h3-8H,1-2H3,(H,18,19)(H,20,21). The largest absolute Gasteiger partial charge is 0.658 e. The normalized spacial score (nSPS) is 9.84. The number of carboxylic acids is 2. The van der Waals surface area contributed by atoms with Gasteiger partial charge < -0.3 is 29.0 Å². The molecule has 0 bridgehead atoms. The fourth-order valence-electron chi connectivity index (χ4n) is 1.93. The van der Waals surface area contributed by atoms with E-state index in [-0.39, 0.29) is 22.6 Å². The monoisotopic (exact) mass is 345 g/mol. The molecule has 2 aromatic carbocycles. The van der Waals surface area contributed by atoms with Crippen LogP contribution in [0.2, 0.25) is 0 Å². The van der Waals surface area contributed by atoms with E-state index >= 15 is 0 Å². The van der Waals surface area contributed by atoms with Gasteiger partial charge in [0.25, 0.3) is 0 Å². The van der Waals surface area contributed by atoms with Gasteiger partial charge in [-0.1, -0.05) is 0 Å². The zero-order valence-electron chi connectivity index (χ0n) is 13.4. The molecule has 0 aliphatic carbocycles. The molecule has 0 atom stereocenters. The van der Waals surface area contributed by atoms with Crippen molar-refractivity contribution >= 4 is 19.6 Å². The summed E-state index contributed by atoms with van der Waals surface area (Å²) in [5.41, 5.74) is 0.0179. The van der Waals surface area contributed by atoms with Crippen LogP contribution in [0.1, 0.15) is 20.7 Å². The van der Waals surface area contributed by atoms with Crippen molar-refractivity contribution in [3.8, 4) is 23.0 Å². The quantitative estimate of drug-likeness (QED) is 0.700. The van der Waals surface area contributed by atoms with E-state index in [9.17, 15) is 9.59 Å². The number of carbonyl (C=O) groups is 2. The number of rotatable bonds is 8. The second-order valence-electron chi connectivity index (χ2n) is 4.67. The number of ether oxygens (including phenoxy) is 2. The first-order chi connectivity index (χ1) is 12.0. The lowest BCUT2D eigenvalue weighted by Gasteiger charge is -2.13. The second-order valence-corrected chi connectivity index (χ2v) is 4.67. The molecule has 2 aromatic rings. The molecule has 1 radical (unpaired) electrons. The molecule has 8 nitrogen and oxygen atoms in total. The van der Waals surface area contributed by atoms with Crippen LogP contribution in [0, 0.1) is 0 Å². The van der Waals surface area contributed by atoms with E-state index in [2.05, 4.69) is 0 Å². The summed E-state index contributed by atoms with van der Waals surface area (Å²) >= 11 is 0. The molecule has 0 amide bonds. The van der Waals surface area contributed by atoms with Gasteiger partial charge in [0.15, 0.2) is 11.5 Å². The summed E-state index contributed by atoms with van der Waals surface area (Å²) in [6.45, 7) is 0. The van der Waals surface area contributed by atoms with Gasteiger partial charge >= 0.3 is 19.6 Å². The summed E-state index contributed by atoms with van der Waals surface area (Å²) in [4.78, 5) is 22.0. The van der Waals surface area contributed by atoms with Gasteiger partial charge in [0.2, 0.25) is 0 Å². The second kappa shape index (κ2) is 7.96. The van der Waals surface area contributed by atoms with E-state index in [4.69, 9.17) is 29.0 Å². The number of benzene rings is 2. The fraction of sp³-hybridized carbons (Fsp3) is 0.125. The Morgan fingerprint density at radius 2 is 1.16 bits per heavy atom. The zero-order valence-corrected chi connectivity index (χ0v) is 13.4. The van der Waals surface area contributed by atoms with Crippen molar-refractivity contribution in [2.24, 2.45) is 0 Å². The van der Waals surface area contributed by atoms with Gasteiger partial charge in [-0.25, -0.2) is 9.59 Å². The molecule has 9 heteroatoms. The van der Waals surface area contributed by atoms with Crippen LogP contribution in [-0.2, 0) is 0 Å². The van der Waals surface area contributed by atoms with Gasteiger partial charge in [0, 0.05) is 0 Å². The number of hydrogen-bond acceptors (Lipinski definition) is 6. The molecule has 0 unspecified atom stereocenters. The van der Waals surface area contributed by atoms with Crippen LogP contribution in [-0.4, -0.2) is 44.1 Å². The molecule has 0 aromatic heterocycles. The molecule has 2 rings (SSSR count). The first kappa shape index (κ1) is 18.0. The van der Waals surface area contributed by atoms with Crippen molar-refractivity contribution in [1.29, 1.82) is 0 Å². The van der Waals surface area contributed by atoms with Gasteiger partial charge in [-0.2, -0.15) is 0 Å². The Bertz CT molecular complexity index is 724. The molecule has 25 heavy (non-hydrogen) atoms. The zero-order chi connectivity index (χ0) is 18.4. The van der Waals surface area contributed by atoms with Crippen LogP contribution < -0.4 is 18.8 Å². The molecule has 0 saturated carbocycles. The van der Waals surface area contributed by atoms with Gasteiger partial charge in [0.1, 0.15) is 11.5 Å². The number of aromatic carboxylic acids is 2. The van der Waals surface area contributed by atoms with Crippen LogP contribution in [0.15, 0.2) is 36.4 Å². The Morgan fingerprint density at radius 1 is 0.760 bits per heavy atom. The van der Waals surface area contributed by atoms with Gasteiger partial charge in [-0.15, -0.1) is 0 Å². The number of methoxy groups -OCH3 is 2. The highest BCUT2D eigenvalue weighted by Crippen LogP contribution is 2.30. The summed E-state index contributed by atoms with van der Waals surface area (Å²) < 4.78 is 20.7. The van der Waals surface area contributed by atoms with Gasteiger partial charge in [-0.3, -0.25) is 0 Å². The maximum Gasteiger partial charge on any atom is 0.658 e. The van der Waals surface area contributed by atoms with Crippen molar-refractivity contribution in [2.75, 3.05) is 14.2 Å². The summed E-state index contributed by atoms with van der Waals surface area (Å²) in [7, 11) is 3.73. The fourth-order valence-corrected chi connectivity index (χ4v) is 1.93. The molecule has 2 N–H and O–H groups in total. The van der Waals surface area contributed by atoms with Crippen molar-refractivity contribution in [3.63, 3.8) is 0 Å². The molecule has 0 aliphatic rings. The Balaban J connectivity index is 2.15. The minimum atomic E-state index is -1.12. The Hall–Kier alpha value is -3.36. The molecule has 0 fully saturated rings. The number of hydrogen-bond donors (Lipinski definition) is 2. The maximum absolute atomic E-state index is 11.0. The maximum atomic E-state index is 11.0. The summed E-state index contributed by atoms with van der Waals surface area (Å²) in [5.74, 6) is -1.40. The molecule has 0 heterocycles. The smallest absolute Gasteiger partial charge is 0.524 e. The van der Waals surface area contributed by atoms with Crippen molar-refractivity contribution in [1.82, 2.24) is 0 Å². The average molecular weight is 345 g/mol. The van der Waals surface area contributed by atoms with E-state index in [1.54, 1.807) is 0 Å². The highest BCUT2D eigenvalue weighted by molar-refractivity contribution is 6.21. The lowest BCUT2D eigenvalue weighted by molar-refractivity contribution is 0.0686. The lowest BCUT2D eigenvalue weighted by Crippen LogP contribution is -2.13. The molecule has 0 saturated heterocycles. The molecule has 129 valence electrons. The van der Waals surface area contributed by atoms with Crippen LogP contribution in [0.4, 0.5) is 0 Å². The molecule has 0 spiro atoms. The predicted molar refractivity (Wildman–Crippen MR) is 86.9 cm³/mol. The van der Waals surface area contributed by atoms with Crippen molar-refractivity contribution in [3.05, 3.63) is 47.5 Å². The Kier molecular flexibility index (Phi) is 5.73. The Labute approximate surface area is 143 Å². The number of carboxylic acid groups (broad SMARTS) is 2. The third-order valence-electron chi connectivity index (χ3n) is 3.17. The molecular formula is C16H14BO8. The van der Waals surface area contributed by atoms with Gasteiger partial charge in [-0.05, 0) is 36.4 Å². The van der Waals surface area contributed by atoms with E-state index in [1.165, 1.54) is 50.6 Å². The summed E-state index contributed by atoms with van der Waals surface area (Å²) in [6.07, 6.45) is 0. The van der Waals surface area contributed by atoms with Crippen molar-refractivity contribution in [2.45, 2.75) is 0 Å². The van der Waals surface area contributed by atoms with Crippen LogP contribution in [0.3, 0.4) is 0 Å². The van der Waals surface area contributed by atoms with Gasteiger partial charge in [0.05, 0.1) is 25.3 Å². The first-order valence-electron chi connectivity index (χ1n) is 6.94. The summed E-state index contributed by atoms with van der Waals surface area (Å²) in [5, 5.41) is 18.0.